The second-order valence-corrected chi connectivity index (χ2v) is 5.75. The topological polar surface area (TPSA) is 70.7 Å². The Morgan fingerprint density at radius 1 is 1.33 bits per heavy atom. The van der Waals surface area contributed by atoms with E-state index in [0.717, 1.165) is 17.7 Å². The molecule has 0 radical (unpaired) electrons. The number of carbonyl (C=O) groups excluding carboxylic acids is 2. The van der Waals surface area contributed by atoms with E-state index in [4.69, 9.17) is 4.74 Å². The van der Waals surface area contributed by atoms with E-state index in [1.54, 1.807) is 6.08 Å². The average Bonchev–Trinajstić information content (AvgIpc) is 2.53. The number of amides is 3. The van der Waals surface area contributed by atoms with E-state index in [1.165, 1.54) is 0 Å². The van der Waals surface area contributed by atoms with Crippen LogP contribution >= 0.6 is 0 Å². The van der Waals surface area contributed by atoms with E-state index in [1.807, 2.05) is 50.1 Å². The molecule has 2 N–H and O–H groups in total. The molecule has 24 heavy (non-hydrogen) atoms. The monoisotopic (exact) mass is 333 g/mol. The van der Waals surface area contributed by atoms with Crippen molar-refractivity contribution < 1.29 is 14.3 Å². The maximum Gasteiger partial charge on any atom is 0.321 e. The number of nitrogens with zero attached hydrogens (tertiary/aromatic N) is 1. The van der Waals surface area contributed by atoms with Crippen molar-refractivity contribution in [3.63, 3.8) is 0 Å². The zero-order valence-electron chi connectivity index (χ0n) is 14.7. The Hall–Kier alpha value is -2.34. The first-order valence-corrected chi connectivity index (χ1v) is 8.06. The minimum absolute atomic E-state index is 0.0392. The quantitative estimate of drug-likeness (QED) is 0.680. The largest absolute Gasteiger partial charge is 0.490 e. The maximum absolute atomic E-state index is 11.9. The van der Waals surface area contributed by atoms with Crippen molar-refractivity contribution in [2.45, 2.75) is 32.9 Å². The van der Waals surface area contributed by atoms with Crippen molar-refractivity contribution in [3.8, 4) is 5.75 Å². The standard InChI is InChI=1S/C18H27N3O3/c1-5-11-24-16-9-7-15(8-10-16)12-21(4)13-17(22)20-18(23)19-14(3)6-2/h5,7-10,14H,1,6,11-13H2,2-4H3,(H2,19,20,22,23)/t14-/m1/s1. The van der Waals surface area contributed by atoms with Gasteiger partial charge in [-0.2, -0.15) is 0 Å². The molecule has 6 heteroatoms. The first-order valence-electron chi connectivity index (χ1n) is 8.06. The minimum atomic E-state index is -0.452. The Kier molecular flexibility index (Phi) is 8.57. The normalized spacial score (nSPS) is 11.7. The third-order valence-corrected chi connectivity index (χ3v) is 3.40. The van der Waals surface area contributed by atoms with E-state index in [2.05, 4.69) is 17.2 Å². The number of hydrogen-bond donors (Lipinski definition) is 2. The molecule has 0 aliphatic carbocycles. The Balaban J connectivity index is 2.39. The van der Waals surface area contributed by atoms with Crippen LogP contribution in [0.15, 0.2) is 36.9 Å². The molecule has 132 valence electrons. The van der Waals surface area contributed by atoms with Crippen LogP contribution in [0.25, 0.3) is 0 Å². The molecule has 0 fully saturated rings. The van der Waals surface area contributed by atoms with Gasteiger partial charge in [-0.1, -0.05) is 31.7 Å². The van der Waals surface area contributed by atoms with Gasteiger partial charge in [-0.3, -0.25) is 15.0 Å². The van der Waals surface area contributed by atoms with Crippen LogP contribution in [0, 0.1) is 0 Å². The van der Waals surface area contributed by atoms with Crippen molar-refractivity contribution in [2.75, 3.05) is 20.2 Å². The van der Waals surface area contributed by atoms with Crippen LogP contribution in [-0.4, -0.2) is 43.1 Å². The number of imide groups is 1. The highest BCUT2D eigenvalue weighted by Gasteiger charge is 2.12. The fourth-order valence-electron chi connectivity index (χ4n) is 1.99. The molecule has 0 aliphatic heterocycles. The third kappa shape index (κ3) is 7.78. The average molecular weight is 333 g/mol. The SMILES string of the molecule is C=CCOc1ccc(CN(C)CC(=O)NC(=O)N[C@H](C)CC)cc1. The molecule has 1 rings (SSSR count). The van der Waals surface area contributed by atoms with Gasteiger partial charge < -0.3 is 10.1 Å². The number of benzene rings is 1. The van der Waals surface area contributed by atoms with E-state index >= 15 is 0 Å². The van der Waals surface area contributed by atoms with Gasteiger partial charge in [-0.15, -0.1) is 0 Å². The minimum Gasteiger partial charge on any atom is -0.490 e. The van der Waals surface area contributed by atoms with Gasteiger partial charge in [0.15, 0.2) is 0 Å². The highest BCUT2D eigenvalue weighted by molar-refractivity contribution is 5.95. The van der Waals surface area contributed by atoms with Gasteiger partial charge in [0.1, 0.15) is 12.4 Å². The molecule has 1 aromatic carbocycles. The molecule has 3 amide bonds. The van der Waals surface area contributed by atoms with Crippen LogP contribution in [0.2, 0.25) is 0 Å². The van der Waals surface area contributed by atoms with Crippen molar-refractivity contribution in [3.05, 3.63) is 42.5 Å². The van der Waals surface area contributed by atoms with Gasteiger partial charge in [-0.25, -0.2) is 4.79 Å². The summed E-state index contributed by atoms with van der Waals surface area (Å²) in [5, 5.41) is 5.03. The summed E-state index contributed by atoms with van der Waals surface area (Å²) in [4.78, 5) is 25.3. The van der Waals surface area contributed by atoms with Crippen molar-refractivity contribution in [1.82, 2.24) is 15.5 Å². The number of nitrogens with one attached hydrogen (secondary N) is 2. The van der Waals surface area contributed by atoms with Crippen LogP contribution in [0.3, 0.4) is 0 Å². The van der Waals surface area contributed by atoms with E-state index in [0.29, 0.717) is 13.2 Å². The lowest BCUT2D eigenvalue weighted by atomic mass is 10.2. The molecule has 0 bridgehead atoms. The van der Waals surface area contributed by atoms with Gasteiger partial charge >= 0.3 is 6.03 Å². The Bertz CT molecular complexity index is 543. The van der Waals surface area contributed by atoms with Gasteiger partial charge in [0.2, 0.25) is 5.91 Å². The van der Waals surface area contributed by atoms with Gasteiger partial charge in [0, 0.05) is 12.6 Å². The Morgan fingerprint density at radius 3 is 2.58 bits per heavy atom. The third-order valence-electron chi connectivity index (χ3n) is 3.40. The molecule has 0 heterocycles. The molecular weight excluding hydrogens is 306 g/mol. The summed E-state index contributed by atoms with van der Waals surface area (Å²) in [5.41, 5.74) is 1.06. The van der Waals surface area contributed by atoms with Crippen LogP contribution < -0.4 is 15.4 Å². The molecule has 1 atom stereocenters. The number of carbonyl (C=O) groups is 2. The van der Waals surface area contributed by atoms with Crippen LogP contribution in [0.5, 0.6) is 5.75 Å². The molecule has 0 saturated heterocycles. The second-order valence-electron chi connectivity index (χ2n) is 5.75. The lowest BCUT2D eigenvalue weighted by molar-refractivity contribution is -0.121. The summed E-state index contributed by atoms with van der Waals surface area (Å²) in [6.45, 7) is 8.67. The first kappa shape index (κ1) is 19.7. The van der Waals surface area contributed by atoms with Crippen LogP contribution in [0.4, 0.5) is 4.79 Å². The number of likely N-dealkylation sites (N-methyl/N-ethyl adjacent to an activating group) is 1. The molecule has 0 aromatic heterocycles. The van der Waals surface area contributed by atoms with Crippen molar-refractivity contribution >= 4 is 11.9 Å². The molecule has 0 saturated carbocycles. The molecule has 1 aromatic rings. The highest BCUT2D eigenvalue weighted by Crippen LogP contribution is 2.13. The van der Waals surface area contributed by atoms with E-state index in [9.17, 15) is 9.59 Å². The number of rotatable bonds is 9. The molecule has 6 nitrogen and oxygen atoms in total. The number of ether oxygens (including phenoxy) is 1. The molecule has 0 unspecified atom stereocenters. The zero-order valence-corrected chi connectivity index (χ0v) is 14.7. The maximum atomic E-state index is 11.9. The Labute approximate surface area is 143 Å². The predicted octanol–water partition coefficient (Wildman–Crippen LogP) is 2.31. The smallest absolute Gasteiger partial charge is 0.321 e. The zero-order chi connectivity index (χ0) is 17.9. The van der Waals surface area contributed by atoms with Crippen molar-refractivity contribution in [1.29, 1.82) is 0 Å². The Morgan fingerprint density at radius 2 is 2.00 bits per heavy atom. The summed E-state index contributed by atoms with van der Waals surface area (Å²) in [6, 6.07) is 7.24. The summed E-state index contributed by atoms with van der Waals surface area (Å²) < 4.78 is 5.42. The lowest BCUT2D eigenvalue weighted by Crippen LogP contribution is -2.46. The summed E-state index contributed by atoms with van der Waals surface area (Å²) in [5.74, 6) is 0.449. The molecule has 0 spiro atoms. The highest BCUT2D eigenvalue weighted by atomic mass is 16.5. The molecule has 0 aliphatic rings. The van der Waals surface area contributed by atoms with E-state index < -0.39 is 6.03 Å². The number of hydrogen-bond acceptors (Lipinski definition) is 4. The summed E-state index contributed by atoms with van der Waals surface area (Å²) in [6.07, 6.45) is 2.51. The van der Waals surface area contributed by atoms with Gasteiger partial charge in [-0.05, 0) is 38.1 Å². The lowest BCUT2D eigenvalue weighted by Gasteiger charge is -2.17. The van der Waals surface area contributed by atoms with Crippen LogP contribution in [-0.2, 0) is 11.3 Å². The van der Waals surface area contributed by atoms with Gasteiger partial charge in [0.05, 0.1) is 6.54 Å². The fraction of sp³-hybridized carbons (Fsp3) is 0.444. The first-order chi connectivity index (χ1) is 11.4. The van der Waals surface area contributed by atoms with Crippen LogP contribution in [0.1, 0.15) is 25.8 Å². The summed E-state index contributed by atoms with van der Waals surface area (Å²) >= 11 is 0. The van der Waals surface area contributed by atoms with Gasteiger partial charge in [0.25, 0.3) is 0 Å². The molecular formula is C18H27N3O3. The second kappa shape index (κ2) is 10.4. The predicted molar refractivity (Wildman–Crippen MR) is 94.9 cm³/mol. The fourth-order valence-corrected chi connectivity index (χ4v) is 1.99. The number of urea groups is 1. The van der Waals surface area contributed by atoms with E-state index in [-0.39, 0.29) is 18.5 Å². The van der Waals surface area contributed by atoms with Crippen molar-refractivity contribution in [2.24, 2.45) is 0 Å². The summed E-state index contributed by atoms with van der Waals surface area (Å²) in [7, 11) is 1.83.